The highest BCUT2D eigenvalue weighted by atomic mass is 19.1. The average Bonchev–Trinajstić information content (AvgIpc) is 2.32. The largest absolute Gasteiger partial charge is 0.480 e. The summed E-state index contributed by atoms with van der Waals surface area (Å²) in [7, 11) is 0. The Labute approximate surface area is 105 Å². The summed E-state index contributed by atoms with van der Waals surface area (Å²) < 4.78 is 13.1. The Kier molecular flexibility index (Phi) is 5.25. The van der Waals surface area contributed by atoms with Gasteiger partial charge in [0.1, 0.15) is 5.82 Å². The molecule has 1 aromatic carbocycles. The number of rotatable bonds is 6. The van der Waals surface area contributed by atoms with E-state index < -0.39 is 12.1 Å². The highest BCUT2D eigenvalue weighted by molar-refractivity contribution is 5.69. The van der Waals surface area contributed by atoms with Crippen LogP contribution in [-0.2, 0) is 4.79 Å². The Morgan fingerprint density at radius 2 is 2.17 bits per heavy atom. The smallest absolute Gasteiger partial charge is 0.317 e. The number of nitrogens with one attached hydrogen (secondary N) is 1. The molecule has 5 heteroatoms. The van der Waals surface area contributed by atoms with E-state index in [1.807, 2.05) is 6.92 Å². The van der Waals surface area contributed by atoms with E-state index in [1.165, 1.54) is 12.1 Å². The van der Waals surface area contributed by atoms with E-state index in [-0.39, 0.29) is 18.4 Å². The Bertz CT molecular complexity index is 423. The van der Waals surface area contributed by atoms with Crippen molar-refractivity contribution in [2.24, 2.45) is 0 Å². The normalized spacial score (nSPS) is 14.2. The maximum Gasteiger partial charge on any atom is 0.317 e. The predicted molar refractivity (Wildman–Crippen MR) is 65.8 cm³/mol. The van der Waals surface area contributed by atoms with Crippen molar-refractivity contribution in [3.63, 3.8) is 0 Å². The van der Waals surface area contributed by atoms with Gasteiger partial charge in [0.05, 0.1) is 12.6 Å². The summed E-state index contributed by atoms with van der Waals surface area (Å²) in [6, 6.07) is 4.02. The third-order valence-corrected chi connectivity index (χ3v) is 2.86. The Hall–Kier alpha value is -1.46. The van der Waals surface area contributed by atoms with E-state index in [9.17, 15) is 14.3 Å². The minimum atomic E-state index is -0.976. The monoisotopic (exact) mass is 255 g/mol. The van der Waals surface area contributed by atoms with E-state index in [1.54, 1.807) is 13.0 Å². The molecule has 0 saturated carbocycles. The molecule has 0 spiro atoms. The van der Waals surface area contributed by atoms with Crippen molar-refractivity contribution >= 4 is 5.97 Å². The zero-order valence-corrected chi connectivity index (χ0v) is 10.5. The SMILES string of the molecule is CCC(NCC(=O)O)C(O)c1ccc(F)c(C)c1. The first kappa shape index (κ1) is 14.6. The molecule has 0 radical (unpaired) electrons. The van der Waals surface area contributed by atoms with Crippen LogP contribution in [-0.4, -0.2) is 28.8 Å². The molecular formula is C13H18FNO3. The molecule has 0 aliphatic heterocycles. The fraction of sp³-hybridized carbons (Fsp3) is 0.462. The number of hydrogen-bond donors (Lipinski definition) is 3. The van der Waals surface area contributed by atoms with Crippen LogP contribution in [0.3, 0.4) is 0 Å². The van der Waals surface area contributed by atoms with Crippen molar-refractivity contribution < 1.29 is 19.4 Å². The van der Waals surface area contributed by atoms with Gasteiger partial charge in [-0.15, -0.1) is 0 Å². The number of carboxylic acids is 1. The van der Waals surface area contributed by atoms with Crippen LogP contribution in [0.4, 0.5) is 4.39 Å². The average molecular weight is 255 g/mol. The number of aryl methyl sites for hydroxylation is 1. The van der Waals surface area contributed by atoms with Crippen LogP contribution >= 0.6 is 0 Å². The molecule has 0 saturated heterocycles. The van der Waals surface area contributed by atoms with Crippen molar-refractivity contribution in [2.45, 2.75) is 32.4 Å². The van der Waals surface area contributed by atoms with Crippen LogP contribution in [0.1, 0.15) is 30.6 Å². The number of halogens is 1. The van der Waals surface area contributed by atoms with Crippen LogP contribution in [0.25, 0.3) is 0 Å². The molecule has 0 heterocycles. The molecule has 1 rings (SSSR count). The van der Waals surface area contributed by atoms with Crippen molar-refractivity contribution in [1.82, 2.24) is 5.32 Å². The fourth-order valence-electron chi connectivity index (χ4n) is 1.78. The molecule has 0 bridgehead atoms. The van der Waals surface area contributed by atoms with E-state index in [0.717, 1.165) is 0 Å². The Morgan fingerprint density at radius 3 is 2.67 bits per heavy atom. The van der Waals surface area contributed by atoms with E-state index in [0.29, 0.717) is 17.5 Å². The fourth-order valence-corrected chi connectivity index (χ4v) is 1.78. The molecule has 0 amide bonds. The second kappa shape index (κ2) is 6.47. The Balaban J connectivity index is 2.78. The standard InChI is InChI=1S/C13H18FNO3/c1-3-11(15-7-12(16)17)13(18)9-4-5-10(14)8(2)6-9/h4-6,11,13,15,18H,3,7H2,1-2H3,(H,16,17). The molecule has 100 valence electrons. The van der Waals surface area contributed by atoms with Crippen LogP contribution in [0.2, 0.25) is 0 Å². The first-order chi connectivity index (χ1) is 8.45. The molecule has 2 unspecified atom stereocenters. The van der Waals surface area contributed by atoms with Gasteiger partial charge in [-0.25, -0.2) is 4.39 Å². The number of carboxylic acid groups (broad SMARTS) is 1. The third kappa shape index (κ3) is 3.78. The van der Waals surface area contributed by atoms with Gasteiger partial charge in [-0.1, -0.05) is 19.1 Å². The third-order valence-electron chi connectivity index (χ3n) is 2.86. The van der Waals surface area contributed by atoms with Gasteiger partial charge in [-0.05, 0) is 30.5 Å². The lowest BCUT2D eigenvalue weighted by molar-refractivity contribution is -0.136. The van der Waals surface area contributed by atoms with Gasteiger partial charge in [-0.2, -0.15) is 0 Å². The molecule has 0 aliphatic rings. The summed E-state index contributed by atoms with van der Waals surface area (Å²) in [6.07, 6.45) is -0.279. The molecule has 0 aliphatic carbocycles. The maximum absolute atomic E-state index is 13.1. The first-order valence-corrected chi connectivity index (χ1v) is 5.85. The molecule has 3 N–H and O–H groups in total. The molecule has 4 nitrogen and oxygen atoms in total. The summed E-state index contributed by atoms with van der Waals surface area (Å²) in [5.74, 6) is -1.30. The number of benzene rings is 1. The lowest BCUT2D eigenvalue weighted by Crippen LogP contribution is -2.37. The molecule has 1 aromatic rings. The van der Waals surface area contributed by atoms with Crippen LogP contribution < -0.4 is 5.32 Å². The lowest BCUT2D eigenvalue weighted by atomic mass is 9.98. The van der Waals surface area contributed by atoms with Gasteiger partial charge in [0.25, 0.3) is 0 Å². The predicted octanol–water partition coefficient (Wildman–Crippen LogP) is 1.62. The maximum atomic E-state index is 13.1. The zero-order valence-electron chi connectivity index (χ0n) is 10.5. The summed E-state index contributed by atoms with van der Waals surface area (Å²) in [6.45, 7) is 3.26. The highest BCUT2D eigenvalue weighted by Gasteiger charge is 2.20. The number of hydrogen-bond acceptors (Lipinski definition) is 3. The molecule has 18 heavy (non-hydrogen) atoms. The second-order valence-corrected chi connectivity index (χ2v) is 4.24. The van der Waals surface area contributed by atoms with Crippen molar-refractivity contribution in [3.05, 3.63) is 35.1 Å². The van der Waals surface area contributed by atoms with E-state index >= 15 is 0 Å². The van der Waals surface area contributed by atoms with Gasteiger partial charge in [0, 0.05) is 6.04 Å². The summed E-state index contributed by atoms with van der Waals surface area (Å²) in [4.78, 5) is 10.5. The van der Waals surface area contributed by atoms with Crippen LogP contribution in [0, 0.1) is 12.7 Å². The topological polar surface area (TPSA) is 69.6 Å². The number of carbonyl (C=O) groups is 1. The van der Waals surface area contributed by atoms with Crippen molar-refractivity contribution in [1.29, 1.82) is 0 Å². The molecule has 0 fully saturated rings. The van der Waals surface area contributed by atoms with Gasteiger partial charge in [0.2, 0.25) is 0 Å². The van der Waals surface area contributed by atoms with Crippen molar-refractivity contribution in [3.8, 4) is 0 Å². The minimum absolute atomic E-state index is 0.213. The van der Waals surface area contributed by atoms with Crippen LogP contribution in [0.15, 0.2) is 18.2 Å². The van der Waals surface area contributed by atoms with E-state index in [4.69, 9.17) is 5.11 Å². The number of aliphatic hydroxyl groups is 1. The summed E-state index contributed by atoms with van der Waals surface area (Å²) >= 11 is 0. The minimum Gasteiger partial charge on any atom is -0.480 e. The first-order valence-electron chi connectivity index (χ1n) is 5.85. The van der Waals surface area contributed by atoms with Gasteiger partial charge in [-0.3, -0.25) is 4.79 Å². The van der Waals surface area contributed by atoms with Gasteiger partial charge < -0.3 is 15.5 Å². The molecule has 2 atom stereocenters. The highest BCUT2D eigenvalue weighted by Crippen LogP contribution is 2.21. The summed E-state index contributed by atoms with van der Waals surface area (Å²) in [5, 5.41) is 21.5. The lowest BCUT2D eigenvalue weighted by Gasteiger charge is -2.23. The zero-order chi connectivity index (χ0) is 13.7. The second-order valence-electron chi connectivity index (χ2n) is 4.24. The van der Waals surface area contributed by atoms with Crippen molar-refractivity contribution in [2.75, 3.05) is 6.54 Å². The Morgan fingerprint density at radius 1 is 1.50 bits per heavy atom. The van der Waals surface area contributed by atoms with Gasteiger partial charge in [0.15, 0.2) is 0 Å². The summed E-state index contributed by atoms with van der Waals surface area (Å²) in [5.41, 5.74) is 1.04. The van der Waals surface area contributed by atoms with Gasteiger partial charge >= 0.3 is 5.97 Å². The van der Waals surface area contributed by atoms with E-state index in [2.05, 4.69) is 5.32 Å². The number of aliphatic hydroxyl groups excluding tert-OH is 1. The van der Waals surface area contributed by atoms with Crippen LogP contribution in [0.5, 0.6) is 0 Å². The number of aliphatic carboxylic acids is 1. The molecule has 0 aromatic heterocycles. The molecular weight excluding hydrogens is 237 g/mol. The quantitative estimate of drug-likeness (QED) is 0.722.